The monoisotopic (exact) mass is 259 g/mol. The average molecular weight is 259 g/mol. The lowest BCUT2D eigenvalue weighted by atomic mass is 10.3. The van der Waals surface area contributed by atoms with Gasteiger partial charge in [-0.3, -0.25) is 9.78 Å². The van der Waals surface area contributed by atoms with E-state index in [4.69, 9.17) is 0 Å². The minimum Gasteiger partial charge on any atom is -0.314 e. The fraction of sp³-hybridized carbons (Fsp3) is 0.143. The van der Waals surface area contributed by atoms with Crippen molar-refractivity contribution in [2.75, 3.05) is 23.6 Å². The zero-order valence-corrected chi connectivity index (χ0v) is 10.5. The number of nitrogens with zero attached hydrogens (tertiary/aromatic N) is 3. The summed E-state index contributed by atoms with van der Waals surface area (Å²) in [7, 11) is 1.62. The molecule has 1 aromatic carbocycles. The molecule has 0 aliphatic heterocycles. The van der Waals surface area contributed by atoms with Crippen molar-refractivity contribution in [2.24, 2.45) is 0 Å². The molecule has 1 heterocycles. The van der Waals surface area contributed by atoms with Gasteiger partial charge in [-0.1, -0.05) is 22.7 Å². The quantitative estimate of drug-likeness (QED) is 0.791. The van der Waals surface area contributed by atoms with Gasteiger partial charge >= 0.3 is 0 Å². The fourth-order valence-corrected chi connectivity index (χ4v) is 1.61. The van der Waals surface area contributed by atoms with Crippen LogP contribution in [0.5, 0.6) is 0 Å². The first-order valence-electron chi connectivity index (χ1n) is 5.83. The molecule has 1 aromatic heterocycles. The number of aromatic nitrogens is 1. The molecule has 0 aliphatic carbocycles. The summed E-state index contributed by atoms with van der Waals surface area (Å²) >= 11 is 0. The van der Waals surface area contributed by atoms with Crippen LogP contribution < -0.4 is 10.0 Å². The lowest BCUT2D eigenvalue weighted by molar-refractivity contribution is -0.117. The number of hydrogen-bond donors (Lipinski definition) is 0. The number of amides is 1. The molecule has 5 heteroatoms. The maximum atomic E-state index is 13.8. The highest BCUT2D eigenvalue weighted by molar-refractivity contribution is 5.95. The van der Waals surface area contributed by atoms with Crippen LogP contribution in [-0.4, -0.2) is 24.5 Å². The number of carbonyl (C=O) groups excluding carboxylic acids is 1. The molecule has 0 radical (unpaired) electrons. The lowest BCUT2D eigenvalue weighted by Gasteiger charge is -2.20. The number of likely N-dealkylation sites (N-methyl/N-ethyl adjacent to an activating group) is 1. The van der Waals surface area contributed by atoms with Gasteiger partial charge in [-0.15, -0.1) is 0 Å². The van der Waals surface area contributed by atoms with Crippen molar-refractivity contribution in [1.82, 2.24) is 4.98 Å². The van der Waals surface area contributed by atoms with Crippen LogP contribution in [0.25, 0.3) is 0 Å². The normalized spacial score (nSPS) is 10.0. The molecule has 0 bridgehead atoms. The van der Waals surface area contributed by atoms with E-state index in [-0.39, 0.29) is 18.1 Å². The third-order valence-electron chi connectivity index (χ3n) is 2.72. The highest BCUT2D eigenvalue weighted by Crippen LogP contribution is 2.15. The Morgan fingerprint density at radius 1 is 1.16 bits per heavy atom. The summed E-state index contributed by atoms with van der Waals surface area (Å²) in [5.74, 6) is -0.336. The number of benzene rings is 1. The minimum absolute atomic E-state index is 0.261. The lowest BCUT2D eigenvalue weighted by Crippen LogP contribution is -2.35. The molecule has 19 heavy (non-hydrogen) atoms. The molecule has 4 nitrogen and oxygen atoms in total. The van der Waals surface area contributed by atoms with Gasteiger partial charge < -0.3 is 4.90 Å². The van der Waals surface area contributed by atoms with E-state index in [1.165, 1.54) is 11.1 Å². The number of para-hydroxylation sites is 1. The van der Waals surface area contributed by atoms with Gasteiger partial charge in [0.1, 0.15) is 6.54 Å². The van der Waals surface area contributed by atoms with Crippen molar-refractivity contribution < 1.29 is 9.28 Å². The van der Waals surface area contributed by atoms with Crippen LogP contribution >= 0.6 is 0 Å². The summed E-state index contributed by atoms with van der Waals surface area (Å²) in [6, 6.07) is 12.3. The largest absolute Gasteiger partial charge is 0.314 e. The number of rotatable bonds is 4. The van der Waals surface area contributed by atoms with Gasteiger partial charge in [0.05, 0.1) is 11.9 Å². The van der Waals surface area contributed by atoms with E-state index in [2.05, 4.69) is 4.98 Å². The summed E-state index contributed by atoms with van der Waals surface area (Å²) in [6.07, 6.45) is 2.92. The number of pyridine rings is 1. The third kappa shape index (κ3) is 3.28. The van der Waals surface area contributed by atoms with Gasteiger partial charge in [0, 0.05) is 18.9 Å². The standard InChI is InChI=1S/C14H14FN3O/c1-17(12-6-3-2-4-7-12)14(19)11-18(15)13-8-5-9-16-10-13/h2-10H,11H2,1H3. The number of anilines is 2. The van der Waals surface area contributed by atoms with Crippen molar-refractivity contribution in [1.29, 1.82) is 0 Å². The summed E-state index contributed by atoms with van der Waals surface area (Å²) in [6.45, 7) is -0.350. The van der Waals surface area contributed by atoms with Crippen LogP contribution in [0.4, 0.5) is 15.9 Å². The summed E-state index contributed by atoms with van der Waals surface area (Å²) in [5, 5.41) is 0.384. The Balaban J connectivity index is 2.02. The van der Waals surface area contributed by atoms with E-state index in [1.807, 2.05) is 18.2 Å². The topological polar surface area (TPSA) is 36.4 Å². The maximum absolute atomic E-state index is 13.8. The Morgan fingerprint density at radius 3 is 2.47 bits per heavy atom. The Bertz CT molecular complexity index is 533. The Labute approximate surface area is 111 Å². The first-order valence-corrected chi connectivity index (χ1v) is 5.83. The zero-order chi connectivity index (χ0) is 13.7. The fourth-order valence-electron chi connectivity index (χ4n) is 1.61. The van der Waals surface area contributed by atoms with Crippen molar-refractivity contribution in [2.45, 2.75) is 0 Å². The van der Waals surface area contributed by atoms with Crippen molar-refractivity contribution >= 4 is 17.3 Å². The average Bonchev–Trinajstić information content (AvgIpc) is 2.48. The Morgan fingerprint density at radius 2 is 1.84 bits per heavy atom. The molecule has 0 fully saturated rings. The SMILES string of the molecule is CN(C(=O)CN(F)c1cccnc1)c1ccccc1. The molecule has 0 saturated heterocycles. The summed E-state index contributed by atoms with van der Waals surface area (Å²) < 4.78 is 13.8. The number of hydrogen-bond acceptors (Lipinski definition) is 3. The zero-order valence-electron chi connectivity index (χ0n) is 10.5. The number of carbonyl (C=O) groups is 1. The summed E-state index contributed by atoms with van der Waals surface area (Å²) in [5.41, 5.74) is 0.990. The van der Waals surface area contributed by atoms with Gasteiger partial charge in [-0.25, -0.2) is 5.12 Å². The van der Waals surface area contributed by atoms with Gasteiger partial charge in [0.25, 0.3) is 0 Å². The third-order valence-corrected chi connectivity index (χ3v) is 2.72. The van der Waals surface area contributed by atoms with E-state index in [0.717, 1.165) is 5.69 Å². The second-order valence-electron chi connectivity index (χ2n) is 4.02. The molecule has 98 valence electrons. The van der Waals surface area contributed by atoms with Crippen LogP contribution in [-0.2, 0) is 4.79 Å². The first-order chi connectivity index (χ1) is 9.18. The molecule has 0 atom stereocenters. The van der Waals surface area contributed by atoms with Crippen molar-refractivity contribution in [3.05, 3.63) is 54.9 Å². The van der Waals surface area contributed by atoms with Crippen LogP contribution in [0.15, 0.2) is 54.9 Å². The Hall–Kier alpha value is -2.43. The molecule has 0 N–H and O–H groups in total. The van der Waals surface area contributed by atoms with Crippen LogP contribution in [0, 0.1) is 0 Å². The highest BCUT2D eigenvalue weighted by Gasteiger charge is 2.15. The van der Waals surface area contributed by atoms with E-state index in [0.29, 0.717) is 5.12 Å². The maximum Gasteiger partial charge on any atom is 0.249 e. The van der Waals surface area contributed by atoms with E-state index in [1.54, 1.807) is 37.5 Å². The molecule has 2 rings (SSSR count). The molecular weight excluding hydrogens is 245 g/mol. The molecule has 0 unspecified atom stereocenters. The van der Waals surface area contributed by atoms with Gasteiger partial charge in [-0.05, 0) is 24.3 Å². The first kappa shape index (κ1) is 13.0. The van der Waals surface area contributed by atoms with Crippen LogP contribution in [0.2, 0.25) is 0 Å². The predicted octanol–water partition coefficient (Wildman–Crippen LogP) is 2.44. The second-order valence-corrected chi connectivity index (χ2v) is 4.02. The van der Waals surface area contributed by atoms with Gasteiger partial charge in [0.15, 0.2) is 0 Å². The molecule has 0 saturated carbocycles. The van der Waals surface area contributed by atoms with E-state index < -0.39 is 0 Å². The van der Waals surface area contributed by atoms with E-state index >= 15 is 0 Å². The smallest absolute Gasteiger partial charge is 0.249 e. The number of halogens is 1. The van der Waals surface area contributed by atoms with Crippen molar-refractivity contribution in [3.8, 4) is 0 Å². The molecule has 0 spiro atoms. The second kappa shape index (κ2) is 5.95. The van der Waals surface area contributed by atoms with E-state index in [9.17, 15) is 9.28 Å². The molecular formula is C14H14FN3O. The predicted molar refractivity (Wildman–Crippen MR) is 72.5 cm³/mol. The van der Waals surface area contributed by atoms with Crippen LogP contribution in [0.1, 0.15) is 0 Å². The van der Waals surface area contributed by atoms with Crippen molar-refractivity contribution in [3.63, 3.8) is 0 Å². The van der Waals surface area contributed by atoms with Crippen LogP contribution in [0.3, 0.4) is 0 Å². The summed E-state index contributed by atoms with van der Waals surface area (Å²) in [4.78, 5) is 17.2. The molecule has 2 aromatic rings. The molecule has 1 amide bonds. The minimum atomic E-state index is -0.350. The molecule has 0 aliphatic rings. The van der Waals surface area contributed by atoms with Gasteiger partial charge in [0.2, 0.25) is 5.91 Å². The van der Waals surface area contributed by atoms with Gasteiger partial charge in [-0.2, -0.15) is 0 Å². The Kier molecular flexibility index (Phi) is 4.07. The highest BCUT2D eigenvalue weighted by atomic mass is 19.2.